The first-order valence-electron chi connectivity index (χ1n) is 4.83. The van der Waals surface area contributed by atoms with Crippen LogP contribution in [0.25, 0.3) is 0 Å². The summed E-state index contributed by atoms with van der Waals surface area (Å²) in [6.45, 7) is 1.09. The second-order valence-electron chi connectivity index (χ2n) is 4.09. The van der Waals surface area contributed by atoms with Gasteiger partial charge in [-0.15, -0.1) is 0 Å². The van der Waals surface area contributed by atoms with Crippen LogP contribution in [0.2, 0.25) is 9.36 Å². The fourth-order valence-electron chi connectivity index (χ4n) is 1.58. The molecule has 0 bridgehead atoms. The molecule has 0 spiro atoms. The molecule has 0 unspecified atom stereocenters. The van der Waals surface area contributed by atoms with Gasteiger partial charge in [-0.05, 0) is 0 Å². The summed E-state index contributed by atoms with van der Waals surface area (Å²) in [5, 5.41) is 0. The van der Waals surface area contributed by atoms with Crippen LogP contribution in [0.3, 0.4) is 0 Å². The van der Waals surface area contributed by atoms with E-state index in [2.05, 4.69) is 52.6 Å². The molecule has 0 amide bonds. The molecular formula is C11H18InN. The molecule has 2 heteroatoms. The Balaban J connectivity index is 2.91. The van der Waals surface area contributed by atoms with E-state index >= 15 is 0 Å². The fraction of sp³-hybridized carbons (Fsp3) is 0.455. The zero-order valence-corrected chi connectivity index (χ0v) is 12.3. The third kappa shape index (κ3) is 3.35. The van der Waals surface area contributed by atoms with Gasteiger partial charge in [-0.1, -0.05) is 0 Å². The maximum absolute atomic E-state index is 2.45. The summed E-state index contributed by atoms with van der Waals surface area (Å²) in [5.74, 6) is 0. The third-order valence-corrected chi connectivity index (χ3v) is 7.32. The maximum atomic E-state index is 2.45. The second kappa shape index (κ2) is 5.06. The zero-order chi connectivity index (χ0) is 9.84. The van der Waals surface area contributed by atoms with E-state index in [9.17, 15) is 0 Å². The Kier molecular flexibility index (Phi) is 4.33. The summed E-state index contributed by atoms with van der Waals surface area (Å²) in [6.07, 6.45) is 0. The van der Waals surface area contributed by atoms with Crippen LogP contribution in [-0.4, -0.2) is 40.4 Å². The quantitative estimate of drug-likeness (QED) is 0.814. The molecule has 70 valence electrons. The van der Waals surface area contributed by atoms with Gasteiger partial charge >= 0.3 is 89.5 Å². The Hall–Kier alpha value is 0.0501. The van der Waals surface area contributed by atoms with Crippen LogP contribution in [0.4, 0.5) is 0 Å². The van der Waals surface area contributed by atoms with Crippen LogP contribution < -0.4 is 3.32 Å². The molecule has 0 aliphatic carbocycles. The van der Waals surface area contributed by atoms with Crippen molar-refractivity contribution in [2.75, 3.05) is 14.1 Å². The van der Waals surface area contributed by atoms with Gasteiger partial charge in [0.15, 0.2) is 0 Å². The standard InChI is InChI=1S/C9H12N.2CH3.In/c1-10(2)8-9-6-4-3-5-7-9;;;/h3-6H,8H2,1-2H3;2*1H3;. The molecule has 0 fully saturated rings. The predicted octanol–water partition coefficient (Wildman–Crippen LogP) is 1.71. The summed E-state index contributed by atoms with van der Waals surface area (Å²) < 4.78 is 6.59. The van der Waals surface area contributed by atoms with Gasteiger partial charge in [0.2, 0.25) is 0 Å². The molecule has 0 radical (unpaired) electrons. The van der Waals surface area contributed by atoms with Crippen molar-refractivity contribution in [3.8, 4) is 0 Å². The predicted molar refractivity (Wildman–Crippen MR) is 60.9 cm³/mol. The van der Waals surface area contributed by atoms with Crippen molar-refractivity contribution in [3.05, 3.63) is 29.8 Å². The van der Waals surface area contributed by atoms with Crippen molar-refractivity contribution in [3.63, 3.8) is 0 Å². The number of benzene rings is 1. The van der Waals surface area contributed by atoms with E-state index in [1.807, 2.05) is 0 Å². The van der Waals surface area contributed by atoms with Crippen LogP contribution >= 0.6 is 0 Å². The SMILES string of the molecule is CN(C)Cc1cccc[c]1[In]([CH3])[CH3]. The van der Waals surface area contributed by atoms with E-state index in [1.165, 1.54) is 0 Å². The van der Waals surface area contributed by atoms with E-state index in [0.29, 0.717) is 0 Å². The number of hydrogen-bond acceptors (Lipinski definition) is 1. The summed E-state index contributed by atoms with van der Waals surface area (Å²) in [7, 11) is 4.26. The molecule has 1 aromatic carbocycles. The van der Waals surface area contributed by atoms with Gasteiger partial charge in [-0.3, -0.25) is 0 Å². The third-order valence-electron chi connectivity index (χ3n) is 2.16. The normalized spacial score (nSPS) is 10.5. The first-order chi connectivity index (χ1) is 6.11. The molecule has 0 atom stereocenters. The molecule has 13 heavy (non-hydrogen) atoms. The van der Waals surface area contributed by atoms with E-state index in [0.717, 1.165) is 6.54 Å². The van der Waals surface area contributed by atoms with Gasteiger partial charge < -0.3 is 0 Å². The van der Waals surface area contributed by atoms with Gasteiger partial charge in [0.1, 0.15) is 0 Å². The van der Waals surface area contributed by atoms with Gasteiger partial charge in [0.05, 0.1) is 0 Å². The van der Waals surface area contributed by atoms with Gasteiger partial charge in [0, 0.05) is 0 Å². The molecule has 0 aromatic heterocycles. The molecule has 0 saturated carbocycles. The molecular weight excluding hydrogens is 261 g/mol. The first-order valence-corrected chi connectivity index (χ1v) is 13.1. The van der Waals surface area contributed by atoms with Gasteiger partial charge in [-0.2, -0.15) is 0 Å². The molecule has 1 nitrogen and oxygen atoms in total. The van der Waals surface area contributed by atoms with Gasteiger partial charge in [-0.25, -0.2) is 0 Å². The van der Waals surface area contributed by atoms with Gasteiger partial charge in [0.25, 0.3) is 0 Å². The van der Waals surface area contributed by atoms with E-state index in [4.69, 9.17) is 0 Å². The van der Waals surface area contributed by atoms with Crippen molar-refractivity contribution in [2.24, 2.45) is 0 Å². The molecule has 0 aliphatic rings. The fourth-order valence-corrected chi connectivity index (χ4v) is 5.65. The van der Waals surface area contributed by atoms with Crippen LogP contribution in [0.15, 0.2) is 24.3 Å². The average molecular weight is 279 g/mol. The number of rotatable bonds is 3. The van der Waals surface area contributed by atoms with E-state index < -0.39 is 21.4 Å². The number of nitrogens with zero attached hydrogens (tertiary/aromatic N) is 1. The summed E-state index contributed by atoms with van der Waals surface area (Å²) >= 11 is -1.31. The second-order valence-corrected chi connectivity index (χ2v) is 12.5. The summed E-state index contributed by atoms with van der Waals surface area (Å²) in [5.41, 5.74) is 1.54. The molecule has 1 rings (SSSR count). The molecule has 0 heterocycles. The minimum atomic E-state index is -1.31. The molecule has 0 aliphatic heterocycles. The zero-order valence-electron chi connectivity index (χ0n) is 9.04. The average Bonchev–Trinajstić information content (AvgIpc) is 2.03. The summed E-state index contributed by atoms with van der Waals surface area (Å²) in [6, 6.07) is 8.91. The number of hydrogen-bond donors (Lipinski definition) is 0. The van der Waals surface area contributed by atoms with Crippen LogP contribution in [0, 0.1) is 0 Å². The molecule has 1 aromatic rings. The monoisotopic (exact) mass is 279 g/mol. The van der Waals surface area contributed by atoms with Crippen molar-refractivity contribution in [2.45, 2.75) is 15.9 Å². The Morgan fingerprint density at radius 1 is 1.15 bits per heavy atom. The Morgan fingerprint density at radius 3 is 2.31 bits per heavy atom. The first kappa shape index (κ1) is 11.1. The Bertz CT molecular complexity index is 269. The Morgan fingerprint density at radius 2 is 1.77 bits per heavy atom. The van der Waals surface area contributed by atoms with Crippen molar-refractivity contribution < 1.29 is 0 Å². The molecule has 0 N–H and O–H groups in total. The van der Waals surface area contributed by atoms with Crippen molar-refractivity contribution in [1.29, 1.82) is 0 Å². The van der Waals surface area contributed by atoms with Crippen molar-refractivity contribution >= 4 is 24.8 Å². The van der Waals surface area contributed by atoms with E-state index in [-0.39, 0.29) is 0 Å². The van der Waals surface area contributed by atoms with E-state index in [1.54, 1.807) is 8.88 Å². The molecule has 0 saturated heterocycles. The summed E-state index contributed by atoms with van der Waals surface area (Å²) in [4.78, 5) is 2.24. The topological polar surface area (TPSA) is 3.24 Å². The van der Waals surface area contributed by atoms with Crippen LogP contribution in [-0.2, 0) is 6.54 Å². The minimum absolute atomic E-state index is 1.09. The Labute approximate surface area is 89.3 Å². The van der Waals surface area contributed by atoms with Crippen LogP contribution in [0.1, 0.15) is 5.56 Å². The van der Waals surface area contributed by atoms with Crippen LogP contribution in [0.5, 0.6) is 0 Å². The van der Waals surface area contributed by atoms with Crippen molar-refractivity contribution in [1.82, 2.24) is 4.90 Å².